The van der Waals surface area contributed by atoms with Crippen LogP contribution < -0.4 is 5.73 Å². The molecule has 1 aliphatic heterocycles. The van der Waals surface area contributed by atoms with E-state index >= 15 is 0 Å². The van der Waals surface area contributed by atoms with Crippen molar-refractivity contribution < 1.29 is 9.21 Å². The first-order chi connectivity index (χ1) is 10.3. The maximum absolute atomic E-state index is 12.4. The first-order valence-corrected chi connectivity index (χ1v) is 7.39. The molecule has 0 bridgehead atoms. The van der Waals surface area contributed by atoms with Crippen LogP contribution in [0.2, 0.25) is 0 Å². The molecule has 0 radical (unpaired) electrons. The Kier molecular flexibility index (Phi) is 5.63. The molecule has 0 saturated carbocycles. The highest BCUT2D eigenvalue weighted by Gasteiger charge is 2.25. The van der Waals surface area contributed by atoms with E-state index in [1.807, 2.05) is 11.0 Å². The number of amides is 1. The summed E-state index contributed by atoms with van der Waals surface area (Å²) in [7, 11) is 0. The van der Waals surface area contributed by atoms with Crippen molar-refractivity contribution in [1.82, 2.24) is 4.90 Å². The number of hydrogen-bond acceptors (Lipinski definition) is 3. The molecule has 1 aromatic carbocycles. The molecule has 22 heavy (non-hydrogen) atoms. The van der Waals surface area contributed by atoms with Crippen LogP contribution >= 0.6 is 12.4 Å². The Morgan fingerprint density at radius 1 is 1.23 bits per heavy atom. The molecule has 0 spiro atoms. The van der Waals surface area contributed by atoms with E-state index in [-0.39, 0.29) is 18.3 Å². The fourth-order valence-corrected chi connectivity index (χ4v) is 2.92. The molecule has 5 heteroatoms. The second-order valence-electron chi connectivity index (χ2n) is 5.48. The Hall–Kier alpha value is -1.78. The molecule has 4 nitrogen and oxygen atoms in total. The second kappa shape index (κ2) is 7.47. The molecule has 0 atom stereocenters. The third-order valence-corrected chi connectivity index (χ3v) is 4.16. The van der Waals surface area contributed by atoms with E-state index < -0.39 is 0 Å². The van der Waals surface area contributed by atoms with Gasteiger partial charge in [0.1, 0.15) is 12.0 Å². The number of hydrogen-bond donors (Lipinski definition) is 1. The number of piperidine rings is 1. The van der Waals surface area contributed by atoms with Gasteiger partial charge in [0.2, 0.25) is 0 Å². The number of benzene rings is 1. The molecular formula is C17H21ClN2O2. The number of carbonyl (C=O) groups excluding carboxylic acids is 1. The van der Waals surface area contributed by atoms with E-state index in [1.54, 1.807) is 6.07 Å². The van der Waals surface area contributed by atoms with Gasteiger partial charge in [0.15, 0.2) is 0 Å². The number of nitrogens with two attached hydrogens (primary N) is 1. The molecule has 0 unspecified atom stereocenters. The lowest BCUT2D eigenvalue weighted by atomic mass is 9.89. The first-order valence-electron chi connectivity index (χ1n) is 7.39. The first kappa shape index (κ1) is 16.6. The average molecular weight is 321 g/mol. The van der Waals surface area contributed by atoms with E-state index in [0.717, 1.165) is 25.9 Å². The fourth-order valence-electron chi connectivity index (χ4n) is 2.92. The second-order valence-corrected chi connectivity index (χ2v) is 5.48. The minimum Gasteiger partial charge on any atom is -0.467 e. The molecule has 1 aliphatic rings. The normalized spacial score (nSPS) is 15.4. The largest absolute Gasteiger partial charge is 0.467 e. The molecule has 2 heterocycles. The Morgan fingerprint density at radius 3 is 2.50 bits per heavy atom. The van der Waals surface area contributed by atoms with Gasteiger partial charge in [-0.15, -0.1) is 12.4 Å². The van der Waals surface area contributed by atoms with Crippen molar-refractivity contribution in [3.8, 4) is 0 Å². The molecule has 1 fully saturated rings. The molecule has 3 rings (SSSR count). The van der Waals surface area contributed by atoms with Gasteiger partial charge in [-0.25, -0.2) is 0 Å². The van der Waals surface area contributed by atoms with Gasteiger partial charge in [-0.2, -0.15) is 0 Å². The van der Waals surface area contributed by atoms with E-state index in [0.29, 0.717) is 23.8 Å². The SMILES string of the molecule is Cl.NCc1cc(C(=O)N2CCC(c3ccccc3)CC2)co1. The summed E-state index contributed by atoms with van der Waals surface area (Å²) in [5.74, 6) is 1.25. The van der Waals surface area contributed by atoms with Crippen LogP contribution in [0, 0.1) is 0 Å². The Balaban J connectivity index is 0.00000176. The molecule has 1 amide bonds. The summed E-state index contributed by atoms with van der Waals surface area (Å²) in [5, 5.41) is 0. The van der Waals surface area contributed by atoms with Crippen molar-refractivity contribution >= 4 is 18.3 Å². The highest BCUT2D eigenvalue weighted by Crippen LogP contribution is 2.28. The zero-order chi connectivity index (χ0) is 14.7. The topological polar surface area (TPSA) is 59.5 Å². The highest BCUT2D eigenvalue weighted by molar-refractivity contribution is 5.94. The van der Waals surface area contributed by atoms with Crippen molar-refractivity contribution in [2.45, 2.75) is 25.3 Å². The summed E-state index contributed by atoms with van der Waals surface area (Å²) >= 11 is 0. The van der Waals surface area contributed by atoms with Crippen LogP contribution in [0.25, 0.3) is 0 Å². The summed E-state index contributed by atoms with van der Waals surface area (Å²) in [4.78, 5) is 14.3. The van der Waals surface area contributed by atoms with Gasteiger partial charge < -0.3 is 15.1 Å². The van der Waals surface area contributed by atoms with Crippen molar-refractivity contribution in [2.24, 2.45) is 5.73 Å². The van der Waals surface area contributed by atoms with Crippen molar-refractivity contribution in [3.05, 3.63) is 59.5 Å². The standard InChI is InChI=1S/C17H20N2O2.ClH/c18-11-16-10-15(12-21-16)17(20)19-8-6-14(7-9-19)13-4-2-1-3-5-13;/h1-5,10,12,14H,6-9,11,18H2;1H. The molecule has 1 aromatic heterocycles. The predicted molar refractivity (Wildman–Crippen MR) is 88.2 cm³/mol. The molecule has 118 valence electrons. The molecule has 2 aromatic rings. The zero-order valence-corrected chi connectivity index (χ0v) is 13.2. The average Bonchev–Trinajstić information content (AvgIpc) is 3.04. The summed E-state index contributed by atoms with van der Waals surface area (Å²) < 4.78 is 5.24. The smallest absolute Gasteiger partial charge is 0.257 e. The predicted octanol–water partition coefficient (Wildman–Crippen LogP) is 3.18. The Labute approximate surface area is 136 Å². The maximum atomic E-state index is 12.4. The molecule has 1 saturated heterocycles. The summed E-state index contributed by atoms with van der Waals surface area (Å²) in [5.41, 5.74) is 7.48. The highest BCUT2D eigenvalue weighted by atomic mass is 35.5. The van der Waals surface area contributed by atoms with E-state index in [4.69, 9.17) is 10.2 Å². The van der Waals surface area contributed by atoms with Crippen LogP contribution in [-0.2, 0) is 6.54 Å². The Bertz CT molecular complexity index is 604. The van der Waals surface area contributed by atoms with Gasteiger partial charge >= 0.3 is 0 Å². The van der Waals surface area contributed by atoms with Gasteiger partial charge in [0.25, 0.3) is 5.91 Å². The van der Waals surface area contributed by atoms with Crippen LogP contribution in [0.5, 0.6) is 0 Å². The third-order valence-electron chi connectivity index (χ3n) is 4.16. The number of likely N-dealkylation sites (tertiary alicyclic amines) is 1. The van der Waals surface area contributed by atoms with Crippen molar-refractivity contribution in [3.63, 3.8) is 0 Å². The lowest BCUT2D eigenvalue weighted by Crippen LogP contribution is -2.37. The fraction of sp³-hybridized carbons (Fsp3) is 0.353. The Morgan fingerprint density at radius 2 is 1.91 bits per heavy atom. The summed E-state index contributed by atoms with van der Waals surface area (Å²) in [6, 6.07) is 12.3. The summed E-state index contributed by atoms with van der Waals surface area (Å²) in [6.45, 7) is 1.91. The van der Waals surface area contributed by atoms with Gasteiger partial charge in [0.05, 0.1) is 12.1 Å². The molecular weight excluding hydrogens is 300 g/mol. The van der Waals surface area contributed by atoms with Crippen LogP contribution in [0.4, 0.5) is 0 Å². The number of nitrogens with zero attached hydrogens (tertiary/aromatic N) is 1. The van der Waals surface area contributed by atoms with Gasteiger partial charge in [-0.3, -0.25) is 4.79 Å². The van der Waals surface area contributed by atoms with Crippen molar-refractivity contribution in [1.29, 1.82) is 0 Å². The maximum Gasteiger partial charge on any atom is 0.257 e. The zero-order valence-electron chi connectivity index (χ0n) is 12.4. The number of carbonyl (C=O) groups is 1. The lowest BCUT2D eigenvalue weighted by molar-refractivity contribution is 0.0712. The number of halogens is 1. The van der Waals surface area contributed by atoms with Crippen LogP contribution in [-0.4, -0.2) is 23.9 Å². The van der Waals surface area contributed by atoms with E-state index in [9.17, 15) is 4.79 Å². The van der Waals surface area contributed by atoms with Crippen LogP contribution in [0.1, 0.15) is 40.4 Å². The number of rotatable bonds is 3. The summed E-state index contributed by atoms with van der Waals surface area (Å²) in [6.07, 6.45) is 3.53. The molecule has 2 N–H and O–H groups in total. The number of furan rings is 1. The third kappa shape index (κ3) is 3.51. The van der Waals surface area contributed by atoms with Gasteiger partial charge in [-0.05, 0) is 30.4 Å². The minimum absolute atomic E-state index is 0. The lowest BCUT2D eigenvalue weighted by Gasteiger charge is -2.32. The van der Waals surface area contributed by atoms with Gasteiger partial charge in [-0.1, -0.05) is 30.3 Å². The monoisotopic (exact) mass is 320 g/mol. The quantitative estimate of drug-likeness (QED) is 0.945. The molecule has 0 aliphatic carbocycles. The minimum atomic E-state index is 0. The van der Waals surface area contributed by atoms with Crippen LogP contribution in [0.3, 0.4) is 0 Å². The van der Waals surface area contributed by atoms with E-state index in [2.05, 4.69) is 24.3 Å². The van der Waals surface area contributed by atoms with E-state index in [1.165, 1.54) is 11.8 Å². The van der Waals surface area contributed by atoms with Gasteiger partial charge in [0, 0.05) is 13.1 Å². The van der Waals surface area contributed by atoms with Crippen LogP contribution in [0.15, 0.2) is 47.1 Å². The van der Waals surface area contributed by atoms with Crippen molar-refractivity contribution in [2.75, 3.05) is 13.1 Å².